The standard InChI is InChI=1S/C12H15BrF3NO2/c1-2-17-6-9-3-4-11(10(13)5-9)19-8-18-7-12(14,15)16/h3-5,17H,2,6-8H2,1H3. The van der Waals surface area contributed by atoms with Crippen LogP contribution >= 0.6 is 15.9 Å². The predicted molar refractivity (Wildman–Crippen MR) is 69.0 cm³/mol. The molecule has 3 nitrogen and oxygen atoms in total. The second-order valence-electron chi connectivity index (χ2n) is 3.77. The maximum absolute atomic E-state index is 11.8. The Morgan fingerprint density at radius 3 is 2.63 bits per heavy atom. The highest BCUT2D eigenvalue weighted by Gasteiger charge is 2.27. The first-order valence-electron chi connectivity index (χ1n) is 5.69. The second-order valence-corrected chi connectivity index (χ2v) is 4.63. The van der Waals surface area contributed by atoms with Crippen molar-refractivity contribution >= 4 is 15.9 Å². The Kier molecular flexibility index (Phi) is 6.60. The number of hydrogen-bond donors (Lipinski definition) is 1. The lowest BCUT2D eigenvalue weighted by Crippen LogP contribution is -2.19. The van der Waals surface area contributed by atoms with Crippen LogP contribution < -0.4 is 10.1 Å². The van der Waals surface area contributed by atoms with Gasteiger partial charge in [0.1, 0.15) is 12.4 Å². The van der Waals surface area contributed by atoms with Crippen molar-refractivity contribution in [3.05, 3.63) is 28.2 Å². The van der Waals surface area contributed by atoms with Crippen molar-refractivity contribution in [1.82, 2.24) is 5.32 Å². The lowest BCUT2D eigenvalue weighted by Gasteiger charge is -2.11. The molecule has 7 heteroatoms. The average Bonchev–Trinajstić information content (AvgIpc) is 2.32. The third-order valence-corrected chi connectivity index (χ3v) is 2.76. The molecule has 0 fully saturated rings. The first-order valence-corrected chi connectivity index (χ1v) is 6.48. The number of benzene rings is 1. The molecular weight excluding hydrogens is 327 g/mol. The molecule has 1 rings (SSSR count). The molecule has 0 aliphatic rings. The quantitative estimate of drug-likeness (QED) is 0.608. The molecule has 1 aromatic rings. The lowest BCUT2D eigenvalue weighted by atomic mass is 10.2. The molecule has 0 bridgehead atoms. The molecule has 0 spiro atoms. The summed E-state index contributed by atoms with van der Waals surface area (Å²) in [5.41, 5.74) is 1.05. The zero-order valence-corrected chi connectivity index (χ0v) is 12.0. The molecule has 0 heterocycles. The molecule has 0 saturated heterocycles. The molecule has 1 aromatic carbocycles. The maximum Gasteiger partial charge on any atom is 0.411 e. The van der Waals surface area contributed by atoms with Gasteiger partial charge in [0.25, 0.3) is 0 Å². The molecule has 0 saturated carbocycles. The van der Waals surface area contributed by atoms with Gasteiger partial charge in [-0.2, -0.15) is 13.2 Å². The summed E-state index contributed by atoms with van der Waals surface area (Å²) in [6, 6.07) is 5.38. The summed E-state index contributed by atoms with van der Waals surface area (Å²) in [6.45, 7) is 1.83. The number of rotatable bonds is 7. The van der Waals surface area contributed by atoms with E-state index >= 15 is 0 Å². The molecule has 0 aliphatic carbocycles. The van der Waals surface area contributed by atoms with E-state index in [1.165, 1.54) is 0 Å². The highest BCUT2D eigenvalue weighted by Crippen LogP contribution is 2.26. The summed E-state index contributed by atoms with van der Waals surface area (Å²) in [4.78, 5) is 0. The van der Waals surface area contributed by atoms with Gasteiger partial charge in [-0.25, -0.2) is 0 Å². The van der Waals surface area contributed by atoms with Crippen LogP contribution in [0.5, 0.6) is 5.75 Å². The zero-order valence-electron chi connectivity index (χ0n) is 10.4. The summed E-state index contributed by atoms with van der Waals surface area (Å²) >= 11 is 3.30. The predicted octanol–water partition coefficient (Wildman–Crippen LogP) is 3.47. The summed E-state index contributed by atoms with van der Waals surface area (Å²) in [5, 5.41) is 3.17. The Morgan fingerprint density at radius 1 is 1.32 bits per heavy atom. The van der Waals surface area contributed by atoms with Gasteiger partial charge in [-0.15, -0.1) is 0 Å². The van der Waals surface area contributed by atoms with Crippen molar-refractivity contribution in [2.75, 3.05) is 19.9 Å². The number of ether oxygens (including phenoxy) is 2. The summed E-state index contributed by atoms with van der Waals surface area (Å²) in [6.07, 6.45) is -4.34. The number of hydrogen-bond acceptors (Lipinski definition) is 3. The van der Waals surface area contributed by atoms with Crippen LogP contribution in [0.25, 0.3) is 0 Å². The third kappa shape index (κ3) is 6.79. The zero-order chi connectivity index (χ0) is 14.3. The van der Waals surface area contributed by atoms with E-state index in [2.05, 4.69) is 26.0 Å². The first-order chi connectivity index (χ1) is 8.92. The molecule has 0 unspecified atom stereocenters. The van der Waals surface area contributed by atoms with E-state index in [1.54, 1.807) is 6.07 Å². The van der Waals surface area contributed by atoms with Gasteiger partial charge in [0.2, 0.25) is 0 Å². The monoisotopic (exact) mass is 341 g/mol. The second kappa shape index (κ2) is 7.72. The molecule has 0 aliphatic heterocycles. The van der Waals surface area contributed by atoms with E-state index in [4.69, 9.17) is 4.74 Å². The molecule has 0 atom stereocenters. The van der Waals surface area contributed by atoms with Gasteiger partial charge in [-0.05, 0) is 40.2 Å². The van der Waals surface area contributed by atoms with Crippen molar-refractivity contribution in [2.45, 2.75) is 19.6 Å². The minimum Gasteiger partial charge on any atom is -0.466 e. The van der Waals surface area contributed by atoms with Crippen LogP contribution in [0.4, 0.5) is 13.2 Å². The number of nitrogens with one attached hydrogen (secondary N) is 1. The van der Waals surface area contributed by atoms with Crippen molar-refractivity contribution in [1.29, 1.82) is 0 Å². The molecule has 108 valence electrons. The Bertz CT molecular complexity index is 399. The van der Waals surface area contributed by atoms with Gasteiger partial charge in [0.05, 0.1) is 4.47 Å². The molecule has 1 N–H and O–H groups in total. The Labute approximate surface area is 118 Å². The Hall–Kier alpha value is -0.790. The highest BCUT2D eigenvalue weighted by atomic mass is 79.9. The topological polar surface area (TPSA) is 30.5 Å². The van der Waals surface area contributed by atoms with Crippen LogP contribution in [0, 0.1) is 0 Å². The lowest BCUT2D eigenvalue weighted by molar-refractivity contribution is -0.186. The fourth-order valence-electron chi connectivity index (χ4n) is 1.30. The van der Waals surface area contributed by atoms with E-state index in [9.17, 15) is 13.2 Å². The van der Waals surface area contributed by atoms with Gasteiger partial charge in [0, 0.05) is 6.54 Å². The maximum atomic E-state index is 11.8. The fourth-order valence-corrected chi connectivity index (χ4v) is 1.84. The summed E-state index contributed by atoms with van der Waals surface area (Å²) < 4.78 is 45.7. The normalized spacial score (nSPS) is 11.6. The molecule has 0 amide bonds. The van der Waals surface area contributed by atoms with Crippen LogP contribution in [0.15, 0.2) is 22.7 Å². The van der Waals surface area contributed by atoms with Gasteiger partial charge in [0.15, 0.2) is 6.79 Å². The Balaban J connectivity index is 2.42. The van der Waals surface area contributed by atoms with E-state index in [1.807, 2.05) is 19.1 Å². The largest absolute Gasteiger partial charge is 0.466 e. The van der Waals surface area contributed by atoms with E-state index < -0.39 is 19.6 Å². The van der Waals surface area contributed by atoms with Crippen LogP contribution in [0.1, 0.15) is 12.5 Å². The molecule has 0 radical (unpaired) electrons. The van der Waals surface area contributed by atoms with Crippen molar-refractivity contribution in [3.8, 4) is 5.75 Å². The average molecular weight is 342 g/mol. The van der Waals surface area contributed by atoms with Crippen molar-refractivity contribution in [2.24, 2.45) is 0 Å². The van der Waals surface area contributed by atoms with E-state index in [-0.39, 0.29) is 0 Å². The smallest absolute Gasteiger partial charge is 0.411 e. The van der Waals surface area contributed by atoms with Gasteiger partial charge >= 0.3 is 6.18 Å². The number of halogens is 4. The summed E-state index contributed by atoms with van der Waals surface area (Å²) in [7, 11) is 0. The molecule has 0 aromatic heterocycles. The fraction of sp³-hybridized carbons (Fsp3) is 0.500. The minimum atomic E-state index is -4.34. The third-order valence-electron chi connectivity index (χ3n) is 2.14. The molecule has 19 heavy (non-hydrogen) atoms. The SMILES string of the molecule is CCNCc1ccc(OCOCC(F)(F)F)c(Br)c1. The Morgan fingerprint density at radius 2 is 2.05 bits per heavy atom. The van der Waals surface area contributed by atoms with Crippen molar-refractivity contribution < 1.29 is 22.6 Å². The van der Waals surface area contributed by atoms with Crippen LogP contribution in [-0.4, -0.2) is 26.1 Å². The van der Waals surface area contributed by atoms with Crippen LogP contribution in [-0.2, 0) is 11.3 Å². The number of alkyl halides is 3. The van der Waals surface area contributed by atoms with E-state index in [0.717, 1.165) is 18.7 Å². The van der Waals surface area contributed by atoms with Crippen LogP contribution in [0.3, 0.4) is 0 Å². The highest BCUT2D eigenvalue weighted by molar-refractivity contribution is 9.10. The molecular formula is C12H15BrF3NO2. The first kappa shape index (κ1) is 16.3. The van der Waals surface area contributed by atoms with Gasteiger partial charge < -0.3 is 14.8 Å². The van der Waals surface area contributed by atoms with Gasteiger partial charge in [-0.1, -0.05) is 13.0 Å². The minimum absolute atomic E-state index is 0.440. The van der Waals surface area contributed by atoms with Crippen LogP contribution in [0.2, 0.25) is 0 Å². The van der Waals surface area contributed by atoms with Crippen molar-refractivity contribution in [3.63, 3.8) is 0 Å². The van der Waals surface area contributed by atoms with E-state index in [0.29, 0.717) is 10.2 Å². The summed E-state index contributed by atoms with van der Waals surface area (Å²) in [5.74, 6) is 0.447. The van der Waals surface area contributed by atoms with Gasteiger partial charge in [-0.3, -0.25) is 0 Å².